The van der Waals surface area contributed by atoms with Crippen LogP contribution in [0.3, 0.4) is 0 Å². The SMILES string of the molecule is CCC(=Nc1ccc(I)cc1)C(C)=O. The molecule has 1 rings (SSSR count). The van der Waals surface area contributed by atoms with Crippen molar-refractivity contribution in [2.24, 2.45) is 4.99 Å². The first-order valence-electron chi connectivity index (χ1n) is 4.47. The third kappa shape index (κ3) is 3.21. The summed E-state index contributed by atoms with van der Waals surface area (Å²) in [5, 5.41) is 0. The van der Waals surface area contributed by atoms with E-state index in [1.165, 1.54) is 3.57 Å². The number of benzene rings is 1. The highest BCUT2D eigenvalue weighted by atomic mass is 127. The number of aliphatic imine (C=N–C) groups is 1. The van der Waals surface area contributed by atoms with Crippen LogP contribution in [0.1, 0.15) is 20.3 Å². The molecule has 0 aliphatic rings. The molecule has 0 aromatic heterocycles. The number of carbonyl (C=O) groups is 1. The maximum Gasteiger partial charge on any atom is 0.173 e. The second kappa shape index (κ2) is 5.24. The van der Waals surface area contributed by atoms with Crippen molar-refractivity contribution in [1.29, 1.82) is 0 Å². The molecular weight excluding hydrogens is 289 g/mol. The van der Waals surface area contributed by atoms with Crippen LogP contribution in [0.4, 0.5) is 5.69 Å². The molecule has 0 heterocycles. The van der Waals surface area contributed by atoms with Crippen molar-refractivity contribution in [3.05, 3.63) is 27.8 Å². The number of Topliss-reactive ketones (excluding diaryl/α,β-unsaturated/α-hetero) is 1. The Morgan fingerprint density at radius 2 is 1.93 bits per heavy atom. The molecule has 0 fully saturated rings. The molecular formula is C11H12INO. The molecule has 74 valence electrons. The lowest BCUT2D eigenvalue weighted by molar-refractivity contribution is -0.111. The lowest BCUT2D eigenvalue weighted by atomic mass is 10.2. The Labute approximate surface area is 97.6 Å². The van der Waals surface area contributed by atoms with E-state index in [9.17, 15) is 4.79 Å². The van der Waals surface area contributed by atoms with Gasteiger partial charge in [0, 0.05) is 10.5 Å². The van der Waals surface area contributed by atoms with Crippen molar-refractivity contribution >= 4 is 39.8 Å². The van der Waals surface area contributed by atoms with Crippen molar-refractivity contribution in [3.8, 4) is 0 Å². The molecule has 2 nitrogen and oxygen atoms in total. The van der Waals surface area contributed by atoms with Crippen molar-refractivity contribution in [2.45, 2.75) is 20.3 Å². The second-order valence-corrected chi connectivity index (χ2v) is 4.19. The molecule has 0 aliphatic carbocycles. The zero-order valence-electron chi connectivity index (χ0n) is 8.25. The highest BCUT2D eigenvalue weighted by molar-refractivity contribution is 14.1. The molecule has 1 aromatic rings. The van der Waals surface area contributed by atoms with Crippen LogP contribution < -0.4 is 0 Å². The van der Waals surface area contributed by atoms with Crippen LogP contribution in [0.25, 0.3) is 0 Å². The van der Waals surface area contributed by atoms with Crippen LogP contribution in [-0.2, 0) is 4.79 Å². The number of hydrogen-bond donors (Lipinski definition) is 0. The summed E-state index contributed by atoms with van der Waals surface area (Å²) in [4.78, 5) is 15.4. The molecule has 0 atom stereocenters. The Bertz CT molecular complexity index is 354. The smallest absolute Gasteiger partial charge is 0.173 e. The second-order valence-electron chi connectivity index (χ2n) is 2.94. The number of halogens is 1. The summed E-state index contributed by atoms with van der Waals surface area (Å²) in [6.07, 6.45) is 0.682. The zero-order valence-corrected chi connectivity index (χ0v) is 10.4. The zero-order chi connectivity index (χ0) is 10.6. The van der Waals surface area contributed by atoms with Gasteiger partial charge in [-0.05, 0) is 53.3 Å². The van der Waals surface area contributed by atoms with Gasteiger partial charge in [0.2, 0.25) is 0 Å². The summed E-state index contributed by atoms with van der Waals surface area (Å²) in [6, 6.07) is 7.79. The molecule has 1 aromatic carbocycles. The monoisotopic (exact) mass is 301 g/mol. The minimum absolute atomic E-state index is 0.0473. The predicted molar refractivity (Wildman–Crippen MR) is 67.2 cm³/mol. The summed E-state index contributed by atoms with van der Waals surface area (Å²) < 4.78 is 1.17. The molecule has 0 saturated heterocycles. The highest BCUT2D eigenvalue weighted by Crippen LogP contribution is 2.15. The van der Waals surface area contributed by atoms with E-state index < -0.39 is 0 Å². The van der Waals surface area contributed by atoms with Gasteiger partial charge in [0.1, 0.15) is 0 Å². The number of carbonyl (C=O) groups excluding carboxylic acids is 1. The van der Waals surface area contributed by atoms with Crippen LogP contribution in [0, 0.1) is 3.57 Å². The average Bonchev–Trinajstić information content (AvgIpc) is 2.16. The third-order valence-corrected chi connectivity index (χ3v) is 2.55. The first kappa shape index (κ1) is 11.4. The minimum Gasteiger partial charge on any atom is -0.293 e. The first-order valence-corrected chi connectivity index (χ1v) is 5.55. The number of hydrogen-bond acceptors (Lipinski definition) is 2. The molecule has 0 N–H and O–H groups in total. The van der Waals surface area contributed by atoms with Gasteiger partial charge in [-0.2, -0.15) is 0 Å². The lowest BCUT2D eigenvalue weighted by Gasteiger charge is -1.99. The Kier molecular flexibility index (Phi) is 4.25. The Balaban J connectivity index is 2.95. The molecule has 0 spiro atoms. The number of nitrogens with zero attached hydrogens (tertiary/aromatic N) is 1. The summed E-state index contributed by atoms with van der Waals surface area (Å²) in [6.45, 7) is 3.49. The molecule has 0 saturated carbocycles. The molecule has 3 heteroatoms. The van der Waals surface area contributed by atoms with Crippen molar-refractivity contribution < 1.29 is 4.79 Å². The fraction of sp³-hybridized carbons (Fsp3) is 0.273. The number of ketones is 1. The van der Waals surface area contributed by atoms with Crippen LogP contribution in [-0.4, -0.2) is 11.5 Å². The molecule has 0 aliphatic heterocycles. The van der Waals surface area contributed by atoms with E-state index >= 15 is 0 Å². The van der Waals surface area contributed by atoms with E-state index in [4.69, 9.17) is 0 Å². The van der Waals surface area contributed by atoms with Gasteiger partial charge in [0.05, 0.1) is 11.4 Å². The first-order chi connectivity index (χ1) is 6.63. The van der Waals surface area contributed by atoms with E-state index in [0.717, 1.165) is 5.69 Å². The molecule has 0 amide bonds. The van der Waals surface area contributed by atoms with Crippen LogP contribution in [0.15, 0.2) is 29.3 Å². The minimum atomic E-state index is 0.0473. The molecule has 0 radical (unpaired) electrons. The summed E-state index contributed by atoms with van der Waals surface area (Å²) in [7, 11) is 0. The molecule has 0 bridgehead atoms. The van der Waals surface area contributed by atoms with E-state index in [0.29, 0.717) is 12.1 Å². The largest absolute Gasteiger partial charge is 0.293 e. The fourth-order valence-corrected chi connectivity index (χ4v) is 1.44. The molecule has 0 unspecified atom stereocenters. The third-order valence-electron chi connectivity index (χ3n) is 1.83. The van der Waals surface area contributed by atoms with Crippen molar-refractivity contribution in [1.82, 2.24) is 0 Å². The predicted octanol–water partition coefficient (Wildman–Crippen LogP) is 3.36. The van der Waals surface area contributed by atoms with Gasteiger partial charge in [-0.1, -0.05) is 6.92 Å². The van der Waals surface area contributed by atoms with Gasteiger partial charge < -0.3 is 0 Å². The van der Waals surface area contributed by atoms with Gasteiger partial charge in [-0.15, -0.1) is 0 Å². The lowest BCUT2D eigenvalue weighted by Crippen LogP contribution is -2.07. The van der Waals surface area contributed by atoms with Crippen LogP contribution >= 0.6 is 22.6 Å². The number of rotatable bonds is 3. The van der Waals surface area contributed by atoms with Crippen molar-refractivity contribution in [3.63, 3.8) is 0 Å². The maximum absolute atomic E-state index is 11.1. The normalized spacial score (nSPS) is 11.5. The van der Waals surface area contributed by atoms with Crippen LogP contribution in [0.5, 0.6) is 0 Å². The Morgan fingerprint density at radius 3 is 2.36 bits per heavy atom. The fourth-order valence-electron chi connectivity index (χ4n) is 1.08. The van der Waals surface area contributed by atoms with E-state index in [2.05, 4.69) is 27.6 Å². The van der Waals surface area contributed by atoms with Gasteiger partial charge in [0.15, 0.2) is 5.78 Å². The van der Waals surface area contributed by atoms with Gasteiger partial charge in [-0.3, -0.25) is 4.79 Å². The van der Waals surface area contributed by atoms with Crippen LogP contribution in [0.2, 0.25) is 0 Å². The van der Waals surface area contributed by atoms with Gasteiger partial charge >= 0.3 is 0 Å². The Hall–Kier alpha value is -0.710. The summed E-state index contributed by atoms with van der Waals surface area (Å²) in [5.41, 5.74) is 1.48. The summed E-state index contributed by atoms with van der Waals surface area (Å²) in [5.74, 6) is 0.0473. The van der Waals surface area contributed by atoms with Gasteiger partial charge in [-0.25, -0.2) is 4.99 Å². The van der Waals surface area contributed by atoms with E-state index in [1.54, 1.807) is 6.92 Å². The van der Waals surface area contributed by atoms with Gasteiger partial charge in [0.25, 0.3) is 0 Å². The Morgan fingerprint density at radius 1 is 1.36 bits per heavy atom. The standard InChI is InChI=1S/C11H12INO/c1-3-11(8(2)14)13-10-6-4-9(12)5-7-10/h4-7H,3H2,1-2H3. The maximum atomic E-state index is 11.1. The van der Waals surface area contributed by atoms with E-state index in [1.807, 2.05) is 31.2 Å². The quantitative estimate of drug-likeness (QED) is 0.622. The van der Waals surface area contributed by atoms with E-state index in [-0.39, 0.29) is 5.78 Å². The summed E-state index contributed by atoms with van der Waals surface area (Å²) >= 11 is 2.24. The van der Waals surface area contributed by atoms with Crippen molar-refractivity contribution in [2.75, 3.05) is 0 Å². The topological polar surface area (TPSA) is 29.4 Å². The molecule has 14 heavy (non-hydrogen) atoms. The highest BCUT2D eigenvalue weighted by Gasteiger charge is 2.02. The average molecular weight is 301 g/mol.